The van der Waals surface area contributed by atoms with E-state index in [-0.39, 0.29) is 12.0 Å². The summed E-state index contributed by atoms with van der Waals surface area (Å²) < 4.78 is 4.89. The van der Waals surface area contributed by atoms with Gasteiger partial charge in [0.05, 0.1) is 13.0 Å². The first-order valence-electron chi connectivity index (χ1n) is 5.37. The van der Waals surface area contributed by atoms with Crippen LogP contribution >= 0.6 is 0 Å². The standard InChI is InChI=1S/C11H21NO2/c1-5-14-10(13)6-8(2)12-9-7-11(9,3)4/h8-9,12H,5-7H2,1-4H3. The number of rotatable bonds is 5. The summed E-state index contributed by atoms with van der Waals surface area (Å²) in [5, 5.41) is 3.43. The number of hydrogen-bond acceptors (Lipinski definition) is 3. The third-order valence-corrected chi connectivity index (χ3v) is 2.78. The van der Waals surface area contributed by atoms with Crippen LogP contribution in [0, 0.1) is 5.41 Å². The summed E-state index contributed by atoms with van der Waals surface area (Å²) in [6.07, 6.45) is 1.68. The van der Waals surface area contributed by atoms with Gasteiger partial charge in [0.25, 0.3) is 0 Å². The molecule has 0 saturated heterocycles. The lowest BCUT2D eigenvalue weighted by atomic mass is 10.1. The average Bonchev–Trinajstić information content (AvgIpc) is 2.57. The van der Waals surface area contributed by atoms with E-state index < -0.39 is 0 Å². The number of carbonyl (C=O) groups excluding carboxylic acids is 1. The summed E-state index contributed by atoms with van der Waals surface area (Å²) in [4.78, 5) is 11.2. The molecule has 14 heavy (non-hydrogen) atoms. The van der Waals surface area contributed by atoms with Crippen molar-refractivity contribution < 1.29 is 9.53 Å². The van der Waals surface area contributed by atoms with Crippen molar-refractivity contribution >= 4 is 5.97 Å². The van der Waals surface area contributed by atoms with Crippen LogP contribution in [0.3, 0.4) is 0 Å². The van der Waals surface area contributed by atoms with Crippen molar-refractivity contribution in [1.29, 1.82) is 0 Å². The summed E-state index contributed by atoms with van der Waals surface area (Å²) in [7, 11) is 0. The molecule has 0 spiro atoms. The van der Waals surface area contributed by atoms with Gasteiger partial charge in [0.2, 0.25) is 0 Å². The van der Waals surface area contributed by atoms with Crippen LogP contribution < -0.4 is 5.32 Å². The quantitative estimate of drug-likeness (QED) is 0.685. The van der Waals surface area contributed by atoms with Gasteiger partial charge >= 0.3 is 5.97 Å². The Labute approximate surface area is 86.2 Å². The number of ether oxygens (including phenoxy) is 1. The second-order valence-corrected chi connectivity index (χ2v) is 4.82. The highest BCUT2D eigenvalue weighted by Crippen LogP contribution is 2.44. The maximum Gasteiger partial charge on any atom is 0.307 e. The van der Waals surface area contributed by atoms with E-state index in [0.29, 0.717) is 24.5 Å². The molecule has 2 atom stereocenters. The molecule has 0 aromatic rings. The number of carbonyl (C=O) groups is 1. The molecule has 1 N–H and O–H groups in total. The van der Waals surface area contributed by atoms with E-state index in [4.69, 9.17) is 4.74 Å². The van der Waals surface area contributed by atoms with E-state index in [1.54, 1.807) is 0 Å². The van der Waals surface area contributed by atoms with Gasteiger partial charge in [-0.3, -0.25) is 4.79 Å². The van der Waals surface area contributed by atoms with Crippen LogP contribution in [0.15, 0.2) is 0 Å². The fraction of sp³-hybridized carbons (Fsp3) is 0.909. The van der Waals surface area contributed by atoms with Crippen molar-refractivity contribution in [1.82, 2.24) is 5.32 Å². The Morgan fingerprint density at radius 2 is 2.21 bits per heavy atom. The molecule has 3 nitrogen and oxygen atoms in total. The minimum Gasteiger partial charge on any atom is -0.466 e. The van der Waals surface area contributed by atoms with Crippen molar-refractivity contribution in [2.45, 2.75) is 52.6 Å². The van der Waals surface area contributed by atoms with Crippen LogP contribution in [0.5, 0.6) is 0 Å². The zero-order valence-corrected chi connectivity index (χ0v) is 9.59. The van der Waals surface area contributed by atoms with Gasteiger partial charge in [0.15, 0.2) is 0 Å². The Morgan fingerprint density at radius 1 is 1.64 bits per heavy atom. The number of nitrogens with one attached hydrogen (secondary N) is 1. The summed E-state index contributed by atoms with van der Waals surface area (Å²) in [6.45, 7) is 8.81. The van der Waals surface area contributed by atoms with Crippen LogP contribution in [-0.4, -0.2) is 24.7 Å². The van der Waals surface area contributed by atoms with Gasteiger partial charge in [-0.2, -0.15) is 0 Å². The zero-order chi connectivity index (χ0) is 10.8. The predicted molar refractivity (Wildman–Crippen MR) is 56.0 cm³/mol. The average molecular weight is 199 g/mol. The van der Waals surface area contributed by atoms with Gasteiger partial charge in [-0.25, -0.2) is 0 Å². The first-order chi connectivity index (χ1) is 6.45. The molecule has 0 amide bonds. The fourth-order valence-corrected chi connectivity index (χ4v) is 1.62. The van der Waals surface area contributed by atoms with Crippen LogP contribution in [0.2, 0.25) is 0 Å². The van der Waals surface area contributed by atoms with Gasteiger partial charge in [-0.05, 0) is 25.7 Å². The van der Waals surface area contributed by atoms with E-state index in [2.05, 4.69) is 19.2 Å². The van der Waals surface area contributed by atoms with Gasteiger partial charge in [0, 0.05) is 12.1 Å². The second kappa shape index (κ2) is 4.30. The van der Waals surface area contributed by atoms with Crippen LogP contribution in [0.1, 0.15) is 40.5 Å². The van der Waals surface area contributed by atoms with Crippen LogP contribution in [-0.2, 0) is 9.53 Å². The lowest BCUT2D eigenvalue weighted by molar-refractivity contribution is -0.143. The molecule has 1 rings (SSSR count). The van der Waals surface area contributed by atoms with E-state index in [9.17, 15) is 4.79 Å². The topological polar surface area (TPSA) is 38.3 Å². The maximum absolute atomic E-state index is 11.2. The number of esters is 1. The Balaban J connectivity index is 2.17. The van der Waals surface area contributed by atoms with Crippen molar-refractivity contribution in [2.75, 3.05) is 6.61 Å². The van der Waals surface area contributed by atoms with Gasteiger partial charge < -0.3 is 10.1 Å². The Kier molecular flexibility index (Phi) is 3.53. The summed E-state index contributed by atoms with van der Waals surface area (Å²) in [5.74, 6) is -0.106. The highest BCUT2D eigenvalue weighted by molar-refractivity contribution is 5.70. The second-order valence-electron chi connectivity index (χ2n) is 4.82. The molecule has 1 saturated carbocycles. The molecule has 1 fully saturated rings. The minimum atomic E-state index is -0.106. The van der Waals surface area contributed by atoms with Crippen LogP contribution in [0.25, 0.3) is 0 Å². The molecule has 1 aliphatic carbocycles. The molecule has 0 aromatic heterocycles. The Bertz CT molecular complexity index is 213. The van der Waals surface area contributed by atoms with Crippen molar-refractivity contribution in [3.8, 4) is 0 Å². The predicted octanol–water partition coefficient (Wildman–Crippen LogP) is 1.72. The third kappa shape index (κ3) is 3.29. The molecule has 0 aromatic carbocycles. The molecule has 82 valence electrons. The first kappa shape index (κ1) is 11.5. The highest BCUT2D eigenvalue weighted by Gasteiger charge is 2.45. The smallest absolute Gasteiger partial charge is 0.307 e. The lowest BCUT2D eigenvalue weighted by Gasteiger charge is -2.14. The van der Waals surface area contributed by atoms with Crippen molar-refractivity contribution in [3.63, 3.8) is 0 Å². The largest absolute Gasteiger partial charge is 0.466 e. The molecule has 0 aliphatic heterocycles. The van der Waals surface area contributed by atoms with E-state index in [1.165, 1.54) is 6.42 Å². The molecule has 3 heteroatoms. The lowest BCUT2D eigenvalue weighted by Crippen LogP contribution is -2.32. The van der Waals surface area contributed by atoms with E-state index >= 15 is 0 Å². The minimum absolute atomic E-state index is 0.106. The van der Waals surface area contributed by atoms with Crippen LogP contribution in [0.4, 0.5) is 0 Å². The summed E-state index contributed by atoms with van der Waals surface area (Å²) >= 11 is 0. The van der Waals surface area contributed by atoms with Gasteiger partial charge in [-0.1, -0.05) is 13.8 Å². The Morgan fingerprint density at radius 3 is 2.64 bits per heavy atom. The summed E-state index contributed by atoms with van der Waals surface area (Å²) in [5.41, 5.74) is 0.420. The summed E-state index contributed by atoms with van der Waals surface area (Å²) in [6, 6.07) is 0.799. The van der Waals surface area contributed by atoms with Gasteiger partial charge in [0.1, 0.15) is 0 Å². The van der Waals surface area contributed by atoms with E-state index in [1.807, 2.05) is 13.8 Å². The molecular formula is C11H21NO2. The Hall–Kier alpha value is -0.570. The molecule has 1 aliphatic rings. The molecule has 0 heterocycles. The zero-order valence-electron chi connectivity index (χ0n) is 9.59. The third-order valence-electron chi connectivity index (χ3n) is 2.78. The molecular weight excluding hydrogens is 178 g/mol. The fourth-order valence-electron chi connectivity index (χ4n) is 1.62. The molecule has 0 bridgehead atoms. The monoisotopic (exact) mass is 199 g/mol. The normalized spacial score (nSPS) is 25.6. The van der Waals surface area contributed by atoms with Crippen molar-refractivity contribution in [2.24, 2.45) is 5.41 Å². The maximum atomic E-state index is 11.2. The van der Waals surface area contributed by atoms with E-state index in [0.717, 1.165) is 0 Å². The molecule has 2 unspecified atom stereocenters. The van der Waals surface area contributed by atoms with Crippen molar-refractivity contribution in [3.05, 3.63) is 0 Å². The van der Waals surface area contributed by atoms with Gasteiger partial charge in [-0.15, -0.1) is 0 Å². The first-order valence-corrected chi connectivity index (χ1v) is 5.37. The number of hydrogen-bond donors (Lipinski definition) is 1. The highest BCUT2D eigenvalue weighted by atomic mass is 16.5. The SMILES string of the molecule is CCOC(=O)CC(C)NC1CC1(C)C. The molecule has 0 radical (unpaired) electrons.